The molecular formula is C16H19ClN2O. The van der Waals surface area contributed by atoms with E-state index in [1.807, 2.05) is 37.4 Å². The second-order valence-corrected chi connectivity index (χ2v) is 5.08. The molecule has 0 bridgehead atoms. The first kappa shape index (κ1) is 14.7. The van der Waals surface area contributed by atoms with Crippen LogP contribution in [-0.2, 0) is 6.54 Å². The number of nitrogens with zero attached hydrogens (tertiary/aromatic N) is 1. The van der Waals surface area contributed by atoms with Gasteiger partial charge in [-0.15, -0.1) is 0 Å². The molecule has 4 heteroatoms. The van der Waals surface area contributed by atoms with Crippen LogP contribution < -0.4 is 10.1 Å². The Morgan fingerprint density at radius 1 is 1.25 bits per heavy atom. The van der Waals surface area contributed by atoms with Gasteiger partial charge in [-0.1, -0.05) is 24.6 Å². The second-order valence-electron chi connectivity index (χ2n) is 4.67. The molecule has 0 amide bonds. The summed E-state index contributed by atoms with van der Waals surface area (Å²) in [4.78, 5) is 4.35. The molecule has 20 heavy (non-hydrogen) atoms. The number of ether oxygens (including phenoxy) is 1. The molecule has 0 aliphatic carbocycles. The van der Waals surface area contributed by atoms with Gasteiger partial charge in [0.1, 0.15) is 5.75 Å². The lowest BCUT2D eigenvalue weighted by Crippen LogP contribution is -2.02. The van der Waals surface area contributed by atoms with E-state index in [4.69, 9.17) is 16.3 Å². The van der Waals surface area contributed by atoms with Crippen LogP contribution in [0.2, 0.25) is 5.02 Å². The molecule has 2 rings (SSSR count). The average Bonchev–Trinajstić information content (AvgIpc) is 2.46. The van der Waals surface area contributed by atoms with E-state index in [-0.39, 0.29) is 0 Å². The van der Waals surface area contributed by atoms with Gasteiger partial charge in [0.25, 0.3) is 0 Å². The van der Waals surface area contributed by atoms with E-state index in [0.717, 1.165) is 29.1 Å². The number of nitrogens with one attached hydrogen (secondary N) is 1. The maximum absolute atomic E-state index is 6.19. The highest BCUT2D eigenvalue weighted by molar-refractivity contribution is 6.32. The van der Waals surface area contributed by atoms with Gasteiger partial charge < -0.3 is 10.1 Å². The lowest BCUT2D eigenvalue weighted by atomic mass is 10.2. The molecule has 0 saturated heterocycles. The topological polar surface area (TPSA) is 34.1 Å². The van der Waals surface area contributed by atoms with Gasteiger partial charge in [0, 0.05) is 11.9 Å². The molecule has 106 valence electrons. The fourth-order valence-electron chi connectivity index (χ4n) is 1.74. The van der Waals surface area contributed by atoms with Crippen LogP contribution in [0.25, 0.3) is 0 Å². The van der Waals surface area contributed by atoms with Crippen LogP contribution in [0.1, 0.15) is 24.6 Å². The number of aryl methyl sites for hydroxylation is 1. The van der Waals surface area contributed by atoms with Gasteiger partial charge in [0.2, 0.25) is 0 Å². The van der Waals surface area contributed by atoms with Gasteiger partial charge in [-0.2, -0.15) is 0 Å². The number of pyridine rings is 1. The number of hydrogen-bond donors (Lipinski definition) is 1. The Kier molecular flexibility index (Phi) is 5.24. The van der Waals surface area contributed by atoms with Gasteiger partial charge in [-0.05, 0) is 43.2 Å². The predicted molar refractivity (Wildman–Crippen MR) is 83.5 cm³/mol. The molecule has 0 aliphatic heterocycles. The van der Waals surface area contributed by atoms with E-state index in [1.165, 1.54) is 0 Å². The summed E-state index contributed by atoms with van der Waals surface area (Å²) in [6.45, 7) is 5.45. The smallest absolute Gasteiger partial charge is 0.138 e. The summed E-state index contributed by atoms with van der Waals surface area (Å²) in [5.41, 5.74) is 3.12. The van der Waals surface area contributed by atoms with E-state index >= 15 is 0 Å². The number of aromatic nitrogens is 1. The minimum Gasteiger partial charge on any atom is -0.492 e. The zero-order valence-corrected chi connectivity index (χ0v) is 12.6. The summed E-state index contributed by atoms with van der Waals surface area (Å²) < 4.78 is 5.54. The summed E-state index contributed by atoms with van der Waals surface area (Å²) >= 11 is 6.19. The molecule has 2 aromatic rings. The molecule has 0 unspecified atom stereocenters. The fourth-order valence-corrected chi connectivity index (χ4v) is 1.97. The zero-order chi connectivity index (χ0) is 14.4. The van der Waals surface area contributed by atoms with Crippen molar-refractivity contribution < 1.29 is 4.74 Å². The molecule has 0 spiro atoms. The highest BCUT2D eigenvalue weighted by Crippen LogP contribution is 2.27. The SMILES string of the molecule is CCCOc1ccc(NCc2ccc(C)cn2)cc1Cl. The molecular weight excluding hydrogens is 272 g/mol. The number of anilines is 1. The Morgan fingerprint density at radius 2 is 2.10 bits per heavy atom. The standard InChI is InChI=1S/C16H19ClN2O/c1-3-8-20-16-7-6-13(9-15(16)17)19-11-14-5-4-12(2)10-18-14/h4-7,9-10,19H,3,8,11H2,1-2H3. The van der Waals surface area contributed by atoms with Crippen LogP contribution in [0.3, 0.4) is 0 Å². The van der Waals surface area contributed by atoms with E-state index in [2.05, 4.69) is 23.3 Å². The lowest BCUT2D eigenvalue weighted by molar-refractivity contribution is 0.317. The average molecular weight is 291 g/mol. The number of rotatable bonds is 6. The highest BCUT2D eigenvalue weighted by atomic mass is 35.5. The number of benzene rings is 1. The largest absolute Gasteiger partial charge is 0.492 e. The van der Waals surface area contributed by atoms with Crippen LogP contribution >= 0.6 is 11.6 Å². The third kappa shape index (κ3) is 4.14. The Morgan fingerprint density at radius 3 is 2.75 bits per heavy atom. The first-order valence-corrected chi connectivity index (χ1v) is 7.14. The van der Waals surface area contributed by atoms with E-state index in [1.54, 1.807) is 0 Å². The molecule has 0 radical (unpaired) electrons. The lowest BCUT2D eigenvalue weighted by Gasteiger charge is -2.10. The molecule has 1 aromatic heterocycles. The maximum Gasteiger partial charge on any atom is 0.138 e. The van der Waals surface area contributed by atoms with Crippen LogP contribution in [0.4, 0.5) is 5.69 Å². The normalized spacial score (nSPS) is 10.3. The fraction of sp³-hybridized carbons (Fsp3) is 0.312. The summed E-state index contributed by atoms with van der Waals surface area (Å²) in [6.07, 6.45) is 2.83. The quantitative estimate of drug-likeness (QED) is 0.854. The first-order valence-electron chi connectivity index (χ1n) is 6.77. The van der Waals surface area contributed by atoms with Crippen LogP contribution in [0.15, 0.2) is 36.5 Å². The van der Waals surface area contributed by atoms with Crippen molar-refractivity contribution in [3.63, 3.8) is 0 Å². The molecule has 0 saturated carbocycles. The zero-order valence-electron chi connectivity index (χ0n) is 11.8. The van der Waals surface area contributed by atoms with Crippen molar-refractivity contribution in [1.29, 1.82) is 0 Å². The second kappa shape index (κ2) is 7.15. The van der Waals surface area contributed by atoms with Crippen molar-refractivity contribution in [1.82, 2.24) is 4.98 Å². The Balaban J connectivity index is 1.96. The van der Waals surface area contributed by atoms with E-state index in [9.17, 15) is 0 Å². The minimum absolute atomic E-state index is 0.625. The van der Waals surface area contributed by atoms with Crippen molar-refractivity contribution in [3.05, 3.63) is 52.8 Å². The summed E-state index contributed by atoms with van der Waals surface area (Å²) in [7, 11) is 0. The van der Waals surface area contributed by atoms with Crippen molar-refractivity contribution in [2.75, 3.05) is 11.9 Å². The maximum atomic E-state index is 6.19. The Hall–Kier alpha value is -1.74. The van der Waals surface area contributed by atoms with Gasteiger partial charge in [-0.3, -0.25) is 4.98 Å². The van der Waals surface area contributed by atoms with Crippen molar-refractivity contribution in [2.45, 2.75) is 26.8 Å². The molecule has 1 aromatic carbocycles. The van der Waals surface area contributed by atoms with Crippen molar-refractivity contribution in [2.24, 2.45) is 0 Å². The predicted octanol–water partition coefficient (Wildman–Crippen LogP) is 4.44. The molecule has 3 nitrogen and oxygen atoms in total. The molecule has 0 fully saturated rings. The van der Waals surface area contributed by atoms with Crippen LogP contribution in [0.5, 0.6) is 5.75 Å². The molecule has 0 atom stereocenters. The molecule has 1 heterocycles. The number of hydrogen-bond acceptors (Lipinski definition) is 3. The van der Waals surface area contributed by atoms with Gasteiger partial charge in [-0.25, -0.2) is 0 Å². The monoisotopic (exact) mass is 290 g/mol. The highest BCUT2D eigenvalue weighted by Gasteiger charge is 2.03. The van der Waals surface area contributed by atoms with Crippen molar-refractivity contribution >= 4 is 17.3 Å². The van der Waals surface area contributed by atoms with Gasteiger partial charge in [0.15, 0.2) is 0 Å². The third-order valence-electron chi connectivity index (χ3n) is 2.84. The summed E-state index contributed by atoms with van der Waals surface area (Å²) in [5, 5.41) is 3.93. The Bertz CT molecular complexity index is 555. The summed E-state index contributed by atoms with van der Waals surface area (Å²) in [5.74, 6) is 0.729. The van der Waals surface area contributed by atoms with E-state index < -0.39 is 0 Å². The van der Waals surface area contributed by atoms with Crippen LogP contribution in [0, 0.1) is 6.92 Å². The van der Waals surface area contributed by atoms with Crippen LogP contribution in [-0.4, -0.2) is 11.6 Å². The van der Waals surface area contributed by atoms with E-state index in [0.29, 0.717) is 18.2 Å². The van der Waals surface area contributed by atoms with Crippen molar-refractivity contribution in [3.8, 4) is 5.75 Å². The molecule has 0 aliphatic rings. The van der Waals surface area contributed by atoms with Gasteiger partial charge >= 0.3 is 0 Å². The third-order valence-corrected chi connectivity index (χ3v) is 3.14. The minimum atomic E-state index is 0.625. The number of halogens is 1. The van der Waals surface area contributed by atoms with Gasteiger partial charge in [0.05, 0.1) is 23.9 Å². The molecule has 1 N–H and O–H groups in total. The summed E-state index contributed by atoms with van der Waals surface area (Å²) in [6, 6.07) is 9.80. The Labute approximate surface area is 124 Å². The first-order chi connectivity index (χ1) is 9.69.